The van der Waals surface area contributed by atoms with E-state index >= 15 is 0 Å². The number of hydrogen-bond acceptors (Lipinski definition) is 4. The van der Waals surface area contributed by atoms with Crippen LogP contribution in [0.25, 0.3) is 0 Å². The first kappa shape index (κ1) is 19.4. The van der Waals surface area contributed by atoms with E-state index in [2.05, 4.69) is 25.2 Å². The number of nitrogens with one attached hydrogen (secondary N) is 1. The van der Waals surface area contributed by atoms with E-state index in [0.717, 1.165) is 16.9 Å². The lowest BCUT2D eigenvalue weighted by Gasteiger charge is -2.29. The normalized spacial score (nSPS) is 18.4. The van der Waals surface area contributed by atoms with Crippen molar-refractivity contribution >= 4 is 27.1 Å². The maximum Gasteiger partial charge on any atom is 0.246 e. The molecule has 0 aromatic heterocycles. The Morgan fingerprint density at radius 2 is 1.78 bits per heavy atom. The molecule has 2 aromatic carbocycles. The van der Waals surface area contributed by atoms with Gasteiger partial charge in [0.15, 0.2) is 9.84 Å². The van der Waals surface area contributed by atoms with Crippen molar-refractivity contribution in [3.05, 3.63) is 60.2 Å². The van der Waals surface area contributed by atoms with Crippen molar-refractivity contribution < 1.29 is 13.2 Å². The molecule has 6 heteroatoms. The Labute approximate surface area is 161 Å². The molecule has 1 N–H and O–H groups in total. The van der Waals surface area contributed by atoms with E-state index in [1.807, 2.05) is 48.5 Å². The lowest BCUT2D eigenvalue weighted by molar-refractivity contribution is -0.117. The molecular weight excluding hydrogens is 360 g/mol. The molecule has 1 aliphatic rings. The zero-order valence-electron chi connectivity index (χ0n) is 15.8. The fourth-order valence-corrected chi connectivity index (χ4v) is 5.24. The molecule has 1 fully saturated rings. The molecule has 1 heterocycles. The predicted octanol–water partition coefficient (Wildman–Crippen LogP) is 3.44. The monoisotopic (exact) mass is 386 g/mol. The average molecular weight is 387 g/mol. The summed E-state index contributed by atoms with van der Waals surface area (Å²) in [6.45, 7) is 4.35. The fourth-order valence-electron chi connectivity index (χ4n) is 3.54. The maximum atomic E-state index is 13.1. The van der Waals surface area contributed by atoms with Crippen LogP contribution < -0.4 is 10.2 Å². The lowest BCUT2D eigenvalue weighted by atomic mass is 10.0. The minimum absolute atomic E-state index is 0.0240. The Bertz CT molecular complexity index is 895. The van der Waals surface area contributed by atoms with E-state index in [1.54, 1.807) is 4.90 Å². The van der Waals surface area contributed by atoms with Crippen LogP contribution >= 0.6 is 0 Å². The molecule has 0 saturated carbocycles. The molecule has 0 radical (unpaired) electrons. The van der Waals surface area contributed by atoms with Gasteiger partial charge in [0, 0.05) is 11.4 Å². The largest absolute Gasteiger partial charge is 0.376 e. The van der Waals surface area contributed by atoms with Gasteiger partial charge >= 0.3 is 0 Å². The minimum Gasteiger partial charge on any atom is -0.376 e. The molecule has 1 atom stereocenters. The van der Waals surface area contributed by atoms with E-state index in [-0.39, 0.29) is 30.0 Å². The van der Waals surface area contributed by atoms with Crippen molar-refractivity contribution in [2.24, 2.45) is 0 Å². The topological polar surface area (TPSA) is 66.5 Å². The number of hydrogen-bond donors (Lipinski definition) is 1. The maximum absolute atomic E-state index is 13.1. The second kappa shape index (κ2) is 8.13. The molecule has 5 nitrogen and oxygen atoms in total. The smallest absolute Gasteiger partial charge is 0.246 e. The van der Waals surface area contributed by atoms with Gasteiger partial charge in [0.2, 0.25) is 5.91 Å². The Hall–Kier alpha value is -2.34. The average Bonchev–Trinajstić information content (AvgIpc) is 3.00. The first-order valence-electron chi connectivity index (χ1n) is 9.28. The van der Waals surface area contributed by atoms with Crippen LogP contribution in [0.15, 0.2) is 54.6 Å². The Morgan fingerprint density at radius 3 is 2.41 bits per heavy atom. The highest BCUT2D eigenvalue weighted by Crippen LogP contribution is 2.26. The molecule has 0 aliphatic carbocycles. The summed E-state index contributed by atoms with van der Waals surface area (Å²) in [4.78, 5) is 14.7. The fraction of sp³-hybridized carbons (Fsp3) is 0.381. The molecule has 0 bridgehead atoms. The molecular formula is C21H26N2O3S. The van der Waals surface area contributed by atoms with Crippen molar-refractivity contribution in [2.45, 2.75) is 32.2 Å². The quantitative estimate of drug-likeness (QED) is 0.826. The van der Waals surface area contributed by atoms with Crippen LogP contribution in [0.5, 0.6) is 0 Å². The number of amides is 1. The second-order valence-electron chi connectivity index (χ2n) is 7.25. The number of benzene rings is 2. The van der Waals surface area contributed by atoms with E-state index in [9.17, 15) is 13.2 Å². The number of carbonyl (C=O) groups excluding carboxylic acids is 1. The Kier molecular flexibility index (Phi) is 5.85. The van der Waals surface area contributed by atoms with Gasteiger partial charge < -0.3 is 10.2 Å². The van der Waals surface area contributed by atoms with Crippen molar-refractivity contribution in [1.29, 1.82) is 0 Å². The van der Waals surface area contributed by atoms with Crippen LogP contribution in [0.2, 0.25) is 0 Å². The number of sulfone groups is 1. The number of nitrogens with zero attached hydrogens (tertiary/aromatic N) is 1. The van der Waals surface area contributed by atoms with Crippen molar-refractivity contribution in [3.63, 3.8) is 0 Å². The van der Waals surface area contributed by atoms with Crippen LogP contribution in [0.4, 0.5) is 11.4 Å². The standard InChI is InChI=1S/C21H26N2O3S/c1-16(2)19-10-6-7-11-20(19)22-14-21(24)23(17-8-4-3-5-9-17)18-12-13-27(25,26)15-18/h3-11,16,18,22H,12-15H2,1-2H3. The lowest BCUT2D eigenvalue weighted by Crippen LogP contribution is -2.44. The highest BCUT2D eigenvalue weighted by Gasteiger charge is 2.35. The summed E-state index contributed by atoms with van der Waals surface area (Å²) in [7, 11) is -3.08. The summed E-state index contributed by atoms with van der Waals surface area (Å²) in [5, 5.41) is 3.25. The highest BCUT2D eigenvalue weighted by molar-refractivity contribution is 7.91. The minimum atomic E-state index is -3.08. The van der Waals surface area contributed by atoms with E-state index in [4.69, 9.17) is 0 Å². The zero-order valence-corrected chi connectivity index (χ0v) is 16.6. The summed E-state index contributed by atoms with van der Waals surface area (Å²) in [6.07, 6.45) is 0.478. The van der Waals surface area contributed by atoms with E-state index < -0.39 is 9.84 Å². The summed E-state index contributed by atoms with van der Waals surface area (Å²) < 4.78 is 23.9. The molecule has 3 rings (SSSR count). The molecule has 27 heavy (non-hydrogen) atoms. The molecule has 2 aromatic rings. The van der Waals surface area contributed by atoms with Crippen molar-refractivity contribution in [2.75, 3.05) is 28.3 Å². The van der Waals surface area contributed by atoms with Gasteiger partial charge in [-0.25, -0.2) is 8.42 Å². The zero-order chi connectivity index (χ0) is 19.4. The highest BCUT2D eigenvalue weighted by atomic mass is 32.2. The van der Waals surface area contributed by atoms with Gasteiger partial charge in [-0.3, -0.25) is 4.79 Å². The first-order valence-corrected chi connectivity index (χ1v) is 11.1. The molecule has 1 saturated heterocycles. The predicted molar refractivity (Wildman–Crippen MR) is 110 cm³/mol. The van der Waals surface area contributed by atoms with Crippen LogP contribution in [-0.4, -0.2) is 38.4 Å². The first-order chi connectivity index (χ1) is 12.9. The third kappa shape index (κ3) is 4.69. The summed E-state index contributed by atoms with van der Waals surface area (Å²) >= 11 is 0. The Morgan fingerprint density at radius 1 is 1.11 bits per heavy atom. The molecule has 1 amide bonds. The summed E-state index contributed by atoms with van der Waals surface area (Å²) in [5.74, 6) is 0.379. The van der Waals surface area contributed by atoms with Gasteiger partial charge in [0.05, 0.1) is 24.1 Å². The molecule has 1 unspecified atom stereocenters. The van der Waals surface area contributed by atoms with Gasteiger partial charge in [-0.1, -0.05) is 50.2 Å². The SMILES string of the molecule is CC(C)c1ccccc1NCC(=O)N(c1ccccc1)C1CCS(=O)(=O)C1. The van der Waals surface area contributed by atoms with Gasteiger partial charge in [0.1, 0.15) is 0 Å². The van der Waals surface area contributed by atoms with Crippen LogP contribution in [0.3, 0.4) is 0 Å². The number of para-hydroxylation sites is 2. The van der Waals surface area contributed by atoms with Crippen LogP contribution in [0, 0.1) is 0 Å². The summed E-state index contributed by atoms with van der Waals surface area (Å²) in [5.41, 5.74) is 2.83. The van der Waals surface area contributed by atoms with Crippen LogP contribution in [0.1, 0.15) is 31.7 Å². The number of anilines is 2. The Balaban J connectivity index is 1.80. The third-order valence-electron chi connectivity index (χ3n) is 4.89. The van der Waals surface area contributed by atoms with E-state index in [1.165, 1.54) is 0 Å². The third-order valence-corrected chi connectivity index (χ3v) is 6.64. The molecule has 0 spiro atoms. The second-order valence-corrected chi connectivity index (χ2v) is 9.48. The van der Waals surface area contributed by atoms with Crippen molar-refractivity contribution in [1.82, 2.24) is 0 Å². The molecule has 1 aliphatic heterocycles. The number of carbonyl (C=O) groups is 1. The number of rotatable bonds is 6. The van der Waals surface area contributed by atoms with Gasteiger partial charge in [-0.05, 0) is 36.1 Å². The summed E-state index contributed by atoms with van der Waals surface area (Å²) in [6, 6.07) is 16.9. The van der Waals surface area contributed by atoms with E-state index in [0.29, 0.717) is 12.3 Å². The van der Waals surface area contributed by atoms with Gasteiger partial charge in [-0.2, -0.15) is 0 Å². The van der Waals surface area contributed by atoms with Gasteiger partial charge in [0.25, 0.3) is 0 Å². The van der Waals surface area contributed by atoms with Crippen LogP contribution in [-0.2, 0) is 14.6 Å². The van der Waals surface area contributed by atoms with Crippen molar-refractivity contribution in [3.8, 4) is 0 Å². The molecule has 144 valence electrons. The van der Waals surface area contributed by atoms with Gasteiger partial charge in [-0.15, -0.1) is 0 Å².